The minimum Gasteiger partial charge on any atom is -0.294 e. The van der Waals surface area contributed by atoms with Crippen LogP contribution in [-0.4, -0.2) is 10.2 Å². The Balaban J connectivity index is 2.84. The Kier molecular flexibility index (Phi) is 1.88. The van der Waals surface area contributed by atoms with Crippen LogP contribution in [0.25, 0.3) is 10.9 Å². The van der Waals surface area contributed by atoms with E-state index in [1.54, 1.807) is 6.92 Å². The SMILES string of the molecule is CC(=O)c1cccc2c(C)snc12. The molecule has 66 valence electrons. The van der Waals surface area contributed by atoms with Crippen molar-refractivity contribution in [2.75, 3.05) is 0 Å². The average Bonchev–Trinajstić information content (AvgIpc) is 2.48. The highest BCUT2D eigenvalue weighted by molar-refractivity contribution is 7.07. The molecule has 0 aliphatic rings. The van der Waals surface area contributed by atoms with Crippen LogP contribution >= 0.6 is 11.5 Å². The maximum Gasteiger partial charge on any atom is 0.162 e. The molecule has 0 saturated heterocycles. The van der Waals surface area contributed by atoms with Gasteiger partial charge in [-0.15, -0.1) is 0 Å². The highest BCUT2D eigenvalue weighted by atomic mass is 32.1. The lowest BCUT2D eigenvalue weighted by atomic mass is 10.1. The number of aromatic nitrogens is 1. The first-order chi connectivity index (χ1) is 6.20. The fourth-order valence-corrected chi connectivity index (χ4v) is 2.06. The van der Waals surface area contributed by atoms with E-state index in [4.69, 9.17) is 0 Å². The van der Waals surface area contributed by atoms with Crippen LogP contribution in [0.15, 0.2) is 18.2 Å². The number of hydrogen-bond donors (Lipinski definition) is 0. The van der Waals surface area contributed by atoms with Crippen molar-refractivity contribution in [1.82, 2.24) is 4.37 Å². The minimum absolute atomic E-state index is 0.0795. The number of fused-ring (bicyclic) bond motifs is 1. The van der Waals surface area contributed by atoms with Gasteiger partial charge in [0.1, 0.15) is 0 Å². The fraction of sp³-hybridized carbons (Fsp3) is 0.200. The average molecular weight is 191 g/mol. The van der Waals surface area contributed by atoms with Crippen LogP contribution in [0.4, 0.5) is 0 Å². The molecule has 0 aliphatic heterocycles. The number of rotatable bonds is 1. The summed E-state index contributed by atoms with van der Waals surface area (Å²) < 4.78 is 4.26. The molecule has 2 aromatic rings. The molecular formula is C10H9NOS. The van der Waals surface area contributed by atoms with Crippen LogP contribution in [-0.2, 0) is 0 Å². The normalized spacial score (nSPS) is 10.6. The van der Waals surface area contributed by atoms with Crippen molar-refractivity contribution in [3.05, 3.63) is 28.6 Å². The van der Waals surface area contributed by atoms with Gasteiger partial charge in [-0.2, -0.15) is 4.37 Å². The molecule has 1 aromatic heterocycles. The molecule has 0 radical (unpaired) electrons. The van der Waals surface area contributed by atoms with E-state index in [0.29, 0.717) is 0 Å². The first-order valence-electron chi connectivity index (χ1n) is 4.06. The standard InChI is InChI=1S/C10H9NOS/c1-6(12)8-4-3-5-9-7(2)13-11-10(8)9/h3-5H,1-2H3. The molecule has 0 unspecified atom stereocenters. The monoisotopic (exact) mass is 191 g/mol. The number of carbonyl (C=O) groups is 1. The Morgan fingerprint density at radius 3 is 2.92 bits per heavy atom. The van der Waals surface area contributed by atoms with Gasteiger partial charge in [-0.25, -0.2) is 0 Å². The summed E-state index contributed by atoms with van der Waals surface area (Å²) in [6, 6.07) is 5.73. The van der Waals surface area contributed by atoms with E-state index >= 15 is 0 Å². The molecule has 0 saturated carbocycles. The first-order valence-corrected chi connectivity index (χ1v) is 4.83. The van der Waals surface area contributed by atoms with Gasteiger partial charge in [0.15, 0.2) is 5.78 Å². The second kappa shape index (κ2) is 2.92. The van der Waals surface area contributed by atoms with Crippen molar-refractivity contribution in [3.63, 3.8) is 0 Å². The van der Waals surface area contributed by atoms with Crippen LogP contribution in [0.2, 0.25) is 0 Å². The predicted octanol–water partition coefficient (Wildman–Crippen LogP) is 2.81. The largest absolute Gasteiger partial charge is 0.294 e. The van der Waals surface area contributed by atoms with Crippen LogP contribution in [0, 0.1) is 6.92 Å². The first kappa shape index (κ1) is 8.38. The molecule has 0 aliphatic carbocycles. The van der Waals surface area contributed by atoms with Gasteiger partial charge in [-0.05, 0) is 31.4 Å². The van der Waals surface area contributed by atoms with Gasteiger partial charge in [0.2, 0.25) is 0 Å². The van der Waals surface area contributed by atoms with Gasteiger partial charge in [0.25, 0.3) is 0 Å². The van der Waals surface area contributed by atoms with Crippen molar-refractivity contribution < 1.29 is 4.79 Å². The summed E-state index contributed by atoms with van der Waals surface area (Å²) in [5.74, 6) is 0.0795. The molecule has 1 aromatic carbocycles. The molecule has 2 nitrogen and oxygen atoms in total. The lowest BCUT2D eigenvalue weighted by Gasteiger charge is -1.95. The maximum absolute atomic E-state index is 11.2. The zero-order valence-electron chi connectivity index (χ0n) is 7.50. The van der Waals surface area contributed by atoms with Crippen LogP contribution in [0.1, 0.15) is 22.2 Å². The Morgan fingerprint density at radius 1 is 1.46 bits per heavy atom. The van der Waals surface area contributed by atoms with Crippen LogP contribution in [0.3, 0.4) is 0 Å². The highest BCUT2D eigenvalue weighted by Gasteiger charge is 2.09. The smallest absolute Gasteiger partial charge is 0.162 e. The number of carbonyl (C=O) groups excluding carboxylic acids is 1. The van der Waals surface area contributed by atoms with Crippen LogP contribution < -0.4 is 0 Å². The number of hydrogen-bond acceptors (Lipinski definition) is 3. The quantitative estimate of drug-likeness (QED) is 0.649. The van der Waals surface area contributed by atoms with E-state index in [1.807, 2.05) is 25.1 Å². The summed E-state index contributed by atoms with van der Waals surface area (Å²) in [6.07, 6.45) is 0. The number of benzene rings is 1. The van der Waals surface area contributed by atoms with E-state index in [1.165, 1.54) is 11.5 Å². The zero-order valence-corrected chi connectivity index (χ0v) is 8.31. The molecule has 0 atom stereocenters. The van der Waals surface area contributed by atoms with E-state index in [-0.39, 0.29) is 5.78 Å². The van der Waals surface area contributed by atoms with Gasteiger partial charge in [-0.1, -0.05) is 12.1 Å². The van der Waals surface area contributed by atoms with E-state index in [9.17, 15) is 4.79 Å². The van der Waals surface area contributed by atoms with Crippen molar-refractivity contribution in [2.45, 2.75) is 13.8 Å². The lowest BCUT2D eigenvalue weighted by molar-refractivity contribution is 0.101. The Hall–Kier alpha value is -1.22. The zero-order chi connectivity index (χ0) is 9.42. The van der Waals surface area contributed by atoms with E-state index in [2.05, 4.69) is 4.37 Å². The summed E-state index contributed by atoms with van der Waals surface area (Å²) in [5.41, 5.74) is 1.57. The lowest BCUT2D eigenvalue weighted by Crippen LogP contribution is -1.92. The van der Waals surface area contributed by atoms with E-state index in [0.717, 1.165) is 21.3 Å². The van der Waals surface area contributed by atoms with E-state index < -0.39 is 0 Å². The van der Waals surface area contributed by atoms with Crippen molar-refractivity contribution in [1.29, 1.82) is 0 Å². The fourth-order valence-electron chi connectivity index (χ4n) is 1.37. The van der Waals surface area contributed by atoms with Gasteiger partial charge in [-0.3, -0.25) is 4.79 Å². The molecule has 3 heteroatoms. The minimum atomic E-state index is 0.0795. The highest BCUT2D eigenvalue weighted by Crippen LogP contribution is 2.24. The third kappa shape index (κ3) is 1.25. The number of aryl methyl sites for hydroxylation is 1. The summed E-state index contributed by atoms with van der Waals surface area (Å²) in [7, 11) is 0. The van der Waals surface area contributed by atoms with Gasteiger partial charge >= 0.3 is 0 Å². The molecule has 0 fully saturated rings. The van der Waals surface area contributed by atoms with Crippen molar-refractivity contribution in [3.8, 4) is 0 Å². The third-order valence-corrected chi connectivity index (χ3v) is 2.84. The second-order valence-corrected chi connectivity index (χ2v) is 3.97. The third-order valence-electron chi connectivity index (χ3n) is 2.07. The molecule has 13 heavy (non-hydrogen) atoms. The van der Waals surface area contributed by atoms with Gasteiger partial charge in [0.05, 0.1) is 5.52 Å². The van der Waals surface area contributed by atoms with Gasteiger partial charge < -0.3 is 0 Å². The molecule has 0 spiro atoms. The molecule has 0 amide bonds. The maximum atomic E-state index is 11.2. The Bertz CT molecular complexity index is 473. The summed E-state index contributed by atoms with van der Waals surface area (Å²) in [6.45, 7) is 3.59. The van der Waals surface area contributed by atoms with Gasteiger partial charge in [0, 0.05) is 15.8 Å². The Morgan fingerprint density at radius 2 is 2.23 bits per heavy atom. The van der Waals surface area contributed by atoms with Crippen LogP contribution in [0.5, 0.6) is 0 Å². The molecule has 0 N–H and O–H groups in total. The summed E-state index contributed by atoms with van der Waals surface area (Å²) >= 11 is 1.45. The topological polar surface area (TPSA) is 30.0 Å². The summed E-state index contributed by atoms with van der Waals surface area (Å²) in [5, 5.41) is 1.10. The van der Waals surface area contributed by atoms with Crippen molar-refractivity contribution >= 4 is 28.2 Å². The molecular weight excluding hydrogens is 182 g/mol. The molecule has 1 heterocycles. The number of Topliss-reactive ketones (excluding diaryl/α,β-unsaturated/α-hetero) is 1. The number of ketones is 1. The predicted molar refractivity (Wildman–Crippen MR) is 54.4 cm³/mol. The molecule has 0 bridgehead atoms. The number of nitrogens with zero attached hydrogens (tertiary/aromatic N) is 1. The molecule has 2 rings (SSSR count). The Labute approximate surface area is 80.4 Å². The van der Waals surface area contributed by atoms with Crippen molar-refractivity contribution in [2.24, 2.45) is 0 Å². The second-order valence-electron chi connectivity index (χ2n) is 3.00. The summed E-state index contributed by atoms with van der Waals surface area (Å²) in [4.78, 5) is 12.4.